The molecule has 4 heteroatoms. The van der Waals surface area contributed by atoms with Crippen molar-refractivity contribution in [2.45, 2.75) is 19.9 Å². The van der Waals surface area contributed by atoms with Crippen LogP contribution in [0.2, 0.25) is 0 Å². The molecule has 0 amide bonds. The Morgan fingerprint density at radius 1 is 1.16 bits per heavy atom. The van der Waals surface area contributed by atoms with E-state index in [1.807, 2.05) is 13.1 Å². The van der Waals surface area contributed by atoms with Crippen molar-refractivity contribution < 1.29 is 0 Å². The Kier molecular flexibility index (Phi) is 4.47. The largest absolute Gasteiger partial charge is 0.355 e. The zero-order valence-electron chi connectivity index (χ0n) is 11.5. The maximum Gasteiger partial charge on any atom is 0.132 e. The van der Waals surface area contributed by atoms with Crippen LogP contribution in [0.1, 0.15) is 17.0 Å². The van der Waals surface area contributed by atoms with Crippen LogP contribution in [-0.2, 0) is 13.0 Å². The number of nitrogens with two attached hydrogens (primary N) is 1. The fraction of sp³-hybridized carbons (Fsp3) is 0.333. The first kappa shape index (κ1) is 13.5. The highest BCUT2D eigenvalue weighted by Gasteiger charge is 2.05. The van der Waals surface area contributed by atoms with Gasteiger partial charge >= 0.3 is 0 Å². The van der Waals surface area contributed by atoms with E-state index in [2.05, 4.69) is 46.1 Å². The number of hydrogen-bond acceptors (Lipinski definition) is 4. The smallest absolute Gasteiger partial charge is 0.132 e. The van der Waals surface area contributed by atoms with Gasteiger partial charge in [0.25, 0.3) is 0 Å². The first-order valence-corrected chi connectivity index (χ1v) is 6.47. The van der Waals surface area contributed by atoms with Crippen molar-refractivity contribution in [1.29, 1.82) is 0 Å². The number of nitrogens with zero attached hydrogens (tertiary/aromatic N) is 3. The summed E-state index contributed by atoms with van der Waals surface area (Å²) in [7, 11) is 2.04. The second-order valence-corrected chi connectivity index (χ2v) is 4.71. The van der Waals surface area contributed by atoms with Crippen LogP contribution in [0, 0.1) is 6.92 Å². The first-order valence-electron chi connectivity index (χ1n) is 6.47. The molecule has 2 aromatic rings. The average molecular weight is 256 g/mol. The number of anilines is 1. The first-order chi connectivity index (χ1) is 9.19. The van der Waals surface area contributed by atoms with Crippen molar-refractivity contribution in [1.82, 2.24) is 9.97 Å². The van der Waals surface area contributed by atoms with Gasteiger partial charge in [-0.25, -0.2) is 9.97 Å². The summed E-state index contributed by atoms with van der Waals surface area (Å²) in [6, 6.07) is 10.5. The highest BCUT2D eigenvalue weighted by Crippen LogP contribution is 2.13. The molecule has 0 spiro atoms. The summed E-state index contributed by atoms with van der Waals surface area (Å²) in [6.07, 6.45) is 2.51. The second-order valence-electron chi connectivity index (χ2n) is 4.71. The highest BCUT2D eigenvalue weighted by molar-refractivity contribution is 5.38. The van der Waals surface area contributed by atoms with Gasteiger partial charge in [0.15, 0.2) is 0 Å². The Balaban J connectivity index is 2.08. The van der Waals surface area contributed by atoms with Crippen LogP contribution in [0.15, 0.2) is 36.5 Å². The molecule has 4 nitrogen and oxygen atoms in total. The lowest BCUT2D eigenvalue weighted by Crippen LogP contribution is -2.19. The lowest BCUT2D eigenvalue weighted by Gasteiger charge is -2.18. The van der Waals surface area contributed by atoms with Gasteiger partial charge in [0.2, 0.25) is 0 Å². The maximum atomic E-state index is 5.53. The van der Waals surface area contributed by atoms with Crippen molar-refractivity contribution in [3.05, 3.63) is 53.5 Å². The zero-order valence-corrected chi connectivity index (χ0v) is 11.5. The minimum absolute atomic E-state index is 0.575. The second kappa shape index (κ2) is 6.29. The molecule has 0 radical (unpaired) electrons. The van der Waals surface area contributed by atoms with E-state index >= 15 is 0 Å². The van der Waals surface area contributed by atoms with Gasteiger partial charge in [0, 0.05) is 26.2 Å². The molecule has 1 aromatic heterocycles. The third-order valence-electron chi connectivity index (χ3n) is 2.99. The molecule has 0 saturated heterocycles. The molecule has 19 heavy (non-hydrogen) atoms. The number of rotatable bonds is 5. The molecular formula is C15H20N4. The molecular weight excluding hydrogens is 236 g/mol. The van der Waals surface area contributed by atoms with Crippen molar-refractivity contribution in [3.63, 3.8) is 0 Å². The topological polar surface area (TPSA) is 55.0 Å². The van der Waals surface area contributed by atoms with Crippen LogP contribution in [0.4, 0.5) is 5.82 Å². The van der Waals surface area contributed by atoms with Gasteiger partial charge in [-0.3, -0.25) is 0 Å². The van der Waals surface area contributed by atoms with E-state index in [4.69, 9.17) is 5.73 Å². The van der Waals surface area contributed by atoms with Crippen molar-refractivity contribution >= 4 is 5.82 Å². The number of aromatic nitrogens is 2. The van der Waals surface area contributed by atoms with Crippen LogP contribution in [-0.4, -0.2) is 23.6 Å². The monoisotopic (exact) mass is 256 g/mol. The highest BCUT2D eigenvalue weighted by atomic mass is 15.2. The molecule has 2 rings (SSSR count). The maximum absolute atomic E-state index is 5.53. The molecule has 0 unspecified atom stereocenters. The van der Waals surface area contributed by atoms with Crippen molar-refractivity contribution in [2.75, 3.05) is 18.5 Å². The summed E-state index contributed by atoms with van der Waals surface area (Å²) in [5, 5.41) is 0. The third kappa shape index (κ3) is 3.76. The standard InChI is InChI=1S/C15H20N4/c1-12-3-5-13(6-4-12)11-19(2)15-8-10-17-14(18-15)7-9-16/h3-6,8,10H,7,9,11,16H2,1-2H3. The summed E-state index contributed by atoms with van der Waals surface area (Å²) in [5.41, 5.74) is 8.08. The van der Waals surface area contributed by atoms with Crippen LogP contribution in [0.3, 0.4) is 0 Å². The molecule has 2 N–H and O–H groups in total. The van der Waals surface area contributed by atoms with E-state index in [9.17, 15) is 0 Å². The lowest BCUT2D eigenvalue weighted by molar-refractivity contribution is 0.832. The van der Waals surface area contributed by atoms with E-state index in [0.29, 0.717) is 13.0 Å². The molecule has 100 valence electrons. The van der Waals surface area contributed by atoms with Crippen LogP contribution >= 0.6 is 0 Å². The summed E-state index contributed by atoms with van der Waals surface area (Å²) in [4.78, 5) is 10.8. The zero-order chi connectivity index (χ0) is 13.7. The van der Waals surface area contributed by atoms with Crippen LogP contribution in [0.5, 0.6) is 0 Å². The van der Waals surface area contributed by atoms with Gasteiger partial charge in [-0.05, 0) is 25.1 Å². The lowest BCUT2D eigenvalue weighted by atomic mass is 10.1. The van der Waals surface area contributed by atoms with E-state index in [0.717, 1.165) is 18.2 Å². The van der Waals surface area contributed by atoms with Gasteiger partial charge in [-0.1, -0.05) is 29.8 Å². The average Bonchev–Trinajstić information content (AvgIpc) is 2.42. The van der Waals surface area contributed by atoms with E-state index < -0.39 is 0 Å². The van der Waals surface area contributed by atoms with E-state index in [-0.39, 0.29) is 0 Å². The Morgan fingerprint density at radius 2 is 1.89 bits per heavy atom. The minimum atomic E-state index is 0.575. The fourth-order valence-corrected chi connectivity index (χ4v) is 1.90. The van der Waals surface area contributed by atoms with Gasteiger partial charge in [-0.15, -0.1) is 0 Å². The number of hydrogen-bond donors (Lipinski definition) is 1. The Bertz CT molecular complexity index is 522. The quantitative estimate of drug-likeness (QED) is 0.888. The predicted octanol–water partition coefficient (Wildman–Crippen LogP) is 1.92. The van der Waals surface area contributed by atoms with Gasteiger partial charge in [-0.2, -0.15) is 0 Å². The summed E-state index contributed by atoms with van der Waals surface area (Å²) in [6.45, 7) is 3.50. The molecule has 0 aliphatic rings. The van der Waals surface area contributed by atoms with Crippen molar-refractivity contribution in [2.24, 2.45) is 5.73 Å². The molecule has 1 heterocycles. The molecule has 0 atom stereocenters. The number of benzene rings is 1. The SMILES string of the molecule is Cc1ccc(CN(C)c2ccnc(CCN)n2)cc1. The van der Waals surface area contributed by atoms with Gasteiger partial charge in [0.1, 0.15) is 11.6 Å². The van der Waals surface area contributed by atoms with Crippen LogP contribution < -0.4 is 10.6 Å². The van der Waals surface area contributed by atoms with Gasteiger partial charge in [0.05, 0.1) is 0 Å². The van der Waals surface area contributed by atoms with E-state index in [1.165, 1.54) is 11.1 Å². The molecule has 0 fully saturated rings. The Hall–Kier alpha value is -1.94. The fourth-order valence-electron chi connectivity index (χ4n) is 1.90. The van der Waals surface area contributed by atoms with Crippen molar-refractivity contribution in [3.8, 4) is 0 Å². The number of aryl methyl sites for hydroxylation is 1. The molecule has 0 aliphatic heterocycles. The van der Waals surface area contributed by atoms with Crippen LogP contribution in [0.25, 0.3) is 0 Å². The minimum Gasteiger partial charge on any atom is -0.355 e. The summed E-state index contributed by atoms with van der Waals surface area (Å²) >= 11 is 0. The molecule has 0 bridgehead atoms. The normalized spacial score (nSPS) is 10.5. The molecule has 1 aromatic carbocycles. The Morgan fingerprint density at radius 3 is 2.58 bits per heavy atom. The molecule has 0 aliphatic carbocycles. The predicted molar refractivity (Wildman–Crippen MR) is 78.1 cm³/mol. The molecule has 0 saturated carbocycles. The third-order valence-corrected chi connectivity index (χ3v) is 2.99. The summed E-state index contributed by atoms with van der Waals surface area (Å²) in [5.74, 6) is 1.73. The Labute approximate surface area is 114 Å². The van der Waals surface area contributed by atoms with Gasteiger partial charge < -0.3 is 10.6 Å². The van der Waals surface area contributed by atoms with E-state index in [1.54, 1.807) is 6.20 Å². The summed E-state index contributed by atoms with van der Waals surface area (Å²) < 4.78 is 0.